The highest BCUT2D eigenvalue weighted by Gasteiger charge is 2.01. The van der Waals surface area contributed by atoms with Crippen molar-refractivity contribution in [3.05, 3.63) is 0 Å². The Kier molecular flexibility index (Phi) is 12.0. The van der Waals surface area contributed by atoms with Crippen molar-refractivity contribution in [3.63, 3.8) is 0 Å². The van der Waals surface area contributed by atoms with Gasteiger partial charge in [0.15, 0.2) is 0 Å². The summed E-state index contributed by atoms with van der Waals surface area (Å²) in [6.07, 6.45) is 10.3. The van der Waals surface area contributed by atoms with Gasteiger partial charge in [0.1, 0.15) is 5.78 Å². The molecule has 0 saturated heterocycles. The Balaban J connectivity index is 3.19. The van der Waals surface area contributed by atoms with Crippen LogP contribution in [0.4, 0.5) is 0 Å². The normalized spacial score (nSPS) is 10.3. The lowest BCUT2D eigenvalue weighted by Gasteiger charge is -2.05. The maximum atomic E-state index is 11.4. The van der Waals surface area contributed by atoms with E-state index in [1.807, 2.05) is 0 Å². The molecular formula is C15H29NO2. The van der Waals surface area contributed by atoms with Gasteiger partial charge < -0.3 is 10.1 Å². The van der Waals surface area contributed by atoms with E-state index in [9.17, 15) is 9.59 Å². The third kappa shape index (κ3) is 13.2. The van der Waals surface area contributed by atoms with Gasteiger partial charge >= 0.3 is 0 Å². The average Bonchev–Trinajstić information content (AvgIpc) is 2.33. The summed E-state index contributed by atoms with van der Waals surface area (Å²) in [5.41, 5.74) is 0. The van der Waals surface area contributed by atoms with Crippen LogP contribution in [0.5, 0.6) is 0 Å². The monoisotopic (exact) mass is 255 g/mol. The Morgan fingerprint density at radius 2 is 1.44 bits per heavy atom. The summed E-state index contributed by atoms with van der Waals surface area (Å²) in [4.78, 5) is 22.1. The second kappa shape index (κ2) is 12.6. The van der Waals surface area contributed by atoms with Gasteiger partial charge in [-0.25, -0.2) is 0 Å². The highest BCUT2D eigenvalue weighted by atomic mass is 16.1. The van der Waals surface area contributed by atoms with Crippen LogP contribution < -0.4 is 5.32 Å². The molecule has 0 fully saturated rings. The molecule has 0 aliphatic carbocycles. The number of Topliss-reactive ketones (excluding diaryl/α,β-unsaturated/α-hetero) is 1. The van der Waals surface area contributed by atoms with Crippen molar-refractivity contribution in [1.82, 2.24) is 5.32 Å². The van der Waals surface area contributed by atoms with Crippen molar-refractivity contribution in [2.24, 2.45) is 0 Å². The molecule has 0 saturated carbocycles. The Hall–Kier alpha value is -0.860. The maximum Gasteiger partial charge on any atom is 0.219 e. The summed E-state index contributed by atoms with van der Waals surface area (Å²) in [5.74, 6) is 0.342. The minimum atomic E-state index is 0.132. The molecule has 3 heteroatoms. The molecule has 0 rings (SSSR count). The van der Waals surface area contributed by atoms with Crippen LogP contribution in [0.2, 0.25) is 0 Å². The number of hydrogen-bond donors (Lipinski definition) is 1. The number of hydrogen-bond acceptors (Lipinski definition) is 2. The second-order valence-corrected chi connectivity index (χ2v) is 5.03. The zero-order valence-corrected chi connectivity index (χ0v) is 12.1. The molecular weight excluding hydrogens is 226 g/mol. The summed E-state index contributed by atoms with van der Waals surface area (Å²) < 4.78 is 0. The van der Waals surface area contributed by atoms with Crippen molar-refractivity contribution in [2.45, 2.75) is 78.1 Å². The van der Waals surface area contributed by atoms with E-state index in [1.165, 1.54) is 32.1 Å². The molecule has 0 aliphatic heterocycles. The fourth-order valence-corrected chi connectivity index (χ4v) is 1.88. The zero-order valence-electron chi connectivity index (χ0n) is 12.1. The smallest absolute Gasteiger partial charge is 0.219 e. The summed E-state index contributed by atoms with van der Waals surface area (Å²) in [5, 5.41) is 2.94. The van der Waals surface area contributed by atoms with Gasteiger partial charge in [0.25, 0.3) is 0 Å². The largest absolute Gasteiger partial charge is 0.356 e. The molecule has 0 aromatic rings. The summed E-state index contributed by atoms with van der Waals surface area (Å²) in [7, 11) is 0. The number of ketones is 1. The number of unbranched alkanes of at least 4 members (excludes halogenated alkanes) is 6. The first-order chi connectivity index (χ1) is 8.66. The van der Waals surface area contributed by atoms with E-state index in [-0.39, 0.29) is 11.7 Å². The van der Waals surface area contributed by atoms with Crippen LogP contribution >= 0.6 is 0 Å². The van der Waals surface area contributed by atoms with E-state index in [0.717, 1.165) is 25.8 Å². The first-order valence-electron chi connectivity index (χ1n) is 7.43. The first kappa shape index (κ1) is 17.1. The van der Waals surface area contributed by atoms with E-state index in [0.29, 0.717) is 12.8 Å². The molecule has 1 N–H and O–H groups in total. The Labute approximate surface area is 112 Å². The van der Waals surface area contributed by atoms with Crippen LogP contribution in [-0.2, 0) is 9.59 Å². The van der Waals surface area contributed by atoms with Crippen LogP contribution in [0.15, 0.2) is 0 Å². The Bertz CT molecular complexity index is 227. The van der Waals surface area contributed by atoms with Gasteiger partial charge in [-0.3, -0.25) is 4.79 Å². The minimum absolute atomic E-state index is 0.132. The number of nitrogens with one attached hydrogen (secondary N) is 1. The van der Waals surface area contributed by atoms with E-state index in [2.05, 4.69) is 12.2 Å². The quantitative estimate of drug-likeness (QED) is 0.541. The highest BCUT2D eigenvalue weighted by Crippen LogP contribution is 2.04. The van der Waals surface area contributed by atoms with Crippen molar-refractivity contribution in [3.8, 4) is 0 Å². The van der Waals surface area contributed by atoms with E-state index in [4.69, 9.17) is 0 Å². The topological polar surface area (TPSA) is 46.2 Å². The van der Waals surface area contributed by atoms with Gasteiger partial charge in [-0.15, -0.1) is 0 Å². The van der Waals surface area contributed by atoms with Crippen molar-refractivity contribution in [2.75, 3.05) is 6.54 Å². The zero-order chi connectivity index (χ0) is 13.6. The summed E-state index contributed by atoms with van der Waals surface area (Å²) >= 11 is 0. The van der Waals surface area contributed by atoms with Gasteiger partial charge in [-0.1, -0.05) is 39.0 Å². The van der Waals surface area contributed by atoms with Crippen LogP contribution in [0.1, 0.15) is 78.1 Å². The van der Waals surface area contributed by atoms with Crippen LogP contribution in [0.25, 0.3) is 0 Å². The van der Waals surface area contributed by atoms with Gasteiger partial charge in [-0.05, 0) is 26.2 Å². The fourth-order valence-electron chi connectivity index (χ4n) is 1.88. The first-order valence-corrected chi connectivity index (χ1v) is 7.43. The molecule has 0 radical (unpaired) electrons. The predicted molar refractivity (Wildman–Crippen MR) is 75.5 cm³/mol. The standard InChI is InChI=1S/C15H29NO2/c1-3-4-5-6-7-10-13-16-15(18)12-9-8-11-14(2)17/h3-13H2,1-2H3,(H,16,18). The highest BCUT2D eigenvalue weighted by molar-refractivity contribution is 5.76. The molecule has 0 atom stereocenters. The summed E-state index contributed by atoms with van der Waals surface area (Å²) in [6.45, 7) is 4.61. The number of rotatable bonds is 12. The van der Waals surface area contributed by atoms with Crippen molar-refractivity contribution >= 4 is 11.7 Å². The van der Waals surface area contributed by atoms with Gasteiger partial charge in [0.05, 0.1) is 0 Å². The van der Waals surface area contributed by atoms with Crippen molar-refractivity contribution in [1.29, 1.82) is 0 Å². The van der Waals surface area contributed by atoms with Gasteiger partial charge in [0.2, 0.25) is 5.91 Å². The minimum Gasteiger partial charge on any atom is -0.356 e. The molecule has 0 aromatic carbocycles. The molecule has 0 spiro atoms. The molecule has 0 aromatic heterocycles. The molecule has 1 amide bonds. The number of amides is 1. The van der Waals surface area contributed by atoms with E-state index < -0.39 is 0 Å². The predicted octanol–water partition coefficient (Wildman–Crippen LogP) is 3.61. The van der Waals surface area contributed by atoms with Crippen LogP contribution in [0.3, 0.4) is 0 Å². The molecule has 0 bridgehead atoms. The lowest BCUT2D eigenvalue weighted by Crippen LogP contribution is -2.24. The second-order valence-electron chi connectivity index (χ2n) is 5.03. The lowest BCUT2D eigenvalue weighted by molar-refractivity contribution is -0.121. The molecule has 18 heavy (non-hydrogen) atoms. The van der Waals surface area contributed by atoms with E-state index >= 15 is 0 Å². The molecule has 0 unspecified atom stereocenters. The lowest BCUT2D eigenvalue weighted by atomic mass is 10.1. The number of carbonyl (C=O) groups excluding carboxylic acids is 2. The Morgan fingerprint density at radius 1 is 0.833 bits per heavy atom. The van der Waals surface area contributed by atoms with Gasteiger partial charge in [-0.2, -0.15) is 0 Å². The molecule has 106 valence electrons. The number of carbonyl (C=O) groups is 2. The summed E-state index contributed by atoms with van der Waals surface area (Å²) in [6, 6.07) is 0. The van der Waals surface area contributed by atoms with Crippen LogP contribution in [0, 0.1) is 0 Å². The molecule has 3 nitrogen and oxygen atoms in total. The van der Waals surface area contributed by atoms with E-state index in [1.54, 1.807) is 6.92 Å². The maximum absolute atomic E-state index is 11.4. The van der Waals surface area contributed by atoms with Crippen molar-refractivity contribution < 1.29 is 9.59 Å². The third-order valence-corrected chi connectivity index (χ3v) is 3.04. The van der Waals surface area contributed by atoms with Gasteiger partial charge in [0, 0.05) is 19.4 Å². The SMILES string of the molecule is CCCCCCCCNC(=O)CCCCC(C)=O. The molecule has 0 heterocycles. The van der Waals surface area contributed by atoms with Crippen LogP contribution in [-0.4, -0.2) is 18.2 Å². The molecule has 0 aliphatic rings. The third-order valence-electron chi connectivity index (χ3n) is 3.04. The Morgan fingerprint density at radius 3 is 2.11 bits per heavy atom. The average molecular weight is 255 g/mol. The fraction of sp³-hybridized carbons (Fsp3) is 0.867.